The second-order valence-corrected chi connectivity index (χ2v) is 5.74. The maximum Gasteiger partial charge on any atom is 0.159 e. The van der Waals surface area contributed by atoms with Gasteiger partial charge in [0, 0.05) is 23.5 Å². The maximum absolute atomic E-state index is 13.2. The summed E-state index contributed by atoms with van der Waals surface area (Å²) in [5.74, 6) is -1.59. The quantitative estimate of drug-likeness (QED) is 0.882. The van der Waals surface area contributed by atoms with E-state index in [-0.39, 0.29) is 6.04 Å². The molecule has 0 bridgehead atoms. The van der Waals surface area contributed by atoms with E-state index in [2.05, 4.69) is 10.3 Å². The molecule has 2 aromatic rings. The van der Waals surface area contributed by atoms with Crippen molar-refractivity contribution in [1.29, 1.82) is 0 Å². The van der Waals surface area contributed by atoms with Crippen LogP contribution in [0, 0.1) is 18.6 Å². The SMILES string of the molecule is CCNC(Cc1ccc(F)c(F)c1)Cc1nc(C)cs1. The van der Waals surface area contributed by atoms with Gasteiger partial charge in [-0.15, -0.1) is 11.3 Å². The molecule has 1 N–H and O–H groups in total. The van der Waals surface area contributed by atoms with E-state index in [4.69, 9.17) is 0 Å². The van der Waals surface area contributed by atoms with Gasteiger partial charge < -0.3 is 5.32 Å². The van der Waals surface area contributed by atoms with Crippen LogP contribution in [-0.4, -0.2) is 17.6 Å². The Bertz CT molecular complexity index is 569. The molecule has 0 saturated heterocycles. The first-order chi connectivity index (χ1) is 9.58. The van der Waals surface area contributed by atoms with Crippen LogP contribution in [0.1, 0.15) is 23.2 Å². The highest BCUT2D eigenvalue weighted by Crippen LogP contribution is 2.15. The van der Waals surface area contributed by atoms with Gasteiger partial charge in [-0.2, -0.15) is 0 Å². The number of hydrogen-bond acceptors (Lipinski definition) is 3. The largest absolute Gasteiger partial charge is 0.314 e. The molecule has 0 saturated carbocycles. The number of aromatic nitrogens is 1. The molecule has 1 unspecified atom stereocenters. The number of thiazole rings is 1. The Hall–Kier alpha value is -1.33. The van der Waals surface area contributed by atoms with Crippen molar-refractivity contribution in [3.05, 3.63) is 51.5 Å². The van der Waals surface area contributed by atoms with Gasteiger partial charge in [0.05, 0.1) is 5.01 Å². The molecule has 0 fully saturated rings. The molecule has 108 valence electrons. The van der Waals surface area contributed by atoms with Crippen molar-refractivity contribution in [3.63, 3.8) is 0 Å². The van der Waals surface area contributed by atoms with Crippen LogP contribution in [-0.2, 0) is 12.8 Å². The molecule has 5 heteroatoms. The van der Waals surface area contributed by atoms with Gasteiger partial charge in [-0.05, 0) is 37.6 Å². The molecule has 0 spiro atoms. The number of nitrogens with zero attached hydrogens (tertiary/aromatic N) is 1. The van der Waals surface area contributed by atoms with Gasteiger partial charge >= 0.3 is 0 Å². The normalized spacial score (nSPS) is 12.6. The van der Waals surface area contributed by atoms with Crippen molar-refractivity contribution in [3.8, 4) is 0 Å². The van der Waals surface area contributed by atoms with E-state index in [9.17, 15) is 8.78 Å². The van der Waals surface area contributed by atoms with Crippen molar-refractivity contribution in [1.82, 2.24) is 10.3 Å². The first-order valence-electron chi connectivity index (χ1n) is 6.66. The summed E-state index contributed by atoms with van der Waals surface area (Å²) in [4.78, 5) is 4.45. The number of likely N-dealkylation sites (N-methyl/N-ethyl adjacent to an activating group) is 1. The number of hydrogen-bond donors (Lipinski definition) is 1. The summed E-state index contributed by atoms with van der Waals surface area (Å²) in [7, 11) is 0. The molecule has 1 atom stereocenters. The smallest absolute Gasteiger partial charge is 0.159 e. The van der Waals surface area contributed by atoms with Gasteiger partial charge in [-0.3, -0.25) is 0 Å². The number of rotatable bonds is 6. The Morgan fingerprint density at radius 1 is 1.25 bits per heavy atom. The molecule has 1 aromatic heterocycles. The number of halogens is 2. The summed E-state index contributed by atoms with van der Waals surface area (Å²) >= 11 is 1.63. The van der Waals surface area contributed by atoms with Crippen LogP contribution in [0.4, 0.5) is 8.78 Å². The second-order valence-electron chi connectivity index (χ2n) is 4.79. The lowest BCUT2D eigenvalue weighted by Gasteiger charge is -2.17. The lowest BCUT2D eigenvalue weighted by Crippen LogP contribution is -2.33. The molecular weight excluding hydrogens is 278 g/mol. The second kappa shape index (κ2) is 6.90. The lowest BCUT2D eigenvalue weighted by atomic mass is 10.0. The highest BCUT2D eigenvalue weighted by Gasteiger charge is 2.13. The van der Waals surface area contributed by atoms with Gasteiger partial charge in [-0.25, -0.2) is 13.8 Å². The Kier molecular flexibility index (Phi) is 5.20. The van der Waals surface area contributed by atoms with E-state index in [0.717, 1.165) is 29.2 Å². The van der Waals surface area contributed by atoms with E-state index < -0.39 is 11.6 Å². The Morgan fingerprint density at radius 3 is 2.65 bits per heavy atom. The average molecular weight is 296 g/mol. The third kappa shape index (κ3) is 4.08. The zero-order chi connectivity index (χ0) is 14.5. The van der Waals surface area contributed by atoms with Crippen LogP contribution in [0.3, 0.4) is 0 Å². The molecule has 2 rings (SSSR count). The van der Waals surface area contributed by atoms with Gasteiger partial charge in [0.15, 0.2) is 11.6 Å². The Morgan fingerprint density at radius 2 is 2.05 bits per heavy atom. The molecule has 0 radical (unpaired) electrons. The van der Waals surface area contributed by atoms with Crippen molar-refractivity contribution >= 4 is 11.3 Å². The van der Waals surface area contributed by atoms with Crippen LogP contribution < -0.4 is 5.32 Å². The zero-order valence-corrected chi connectivity index (χ0v) is 12.4. The molecule has 0 aliphatic heterocycles. The molecule has 0 aliphatic rings. The highest BCUT2D eigenvalue weighted by molar-refractivity contribution is 7.09. The molecule has 20 heavy (non-hydrogen) atoms. The summed E-state index contributed by atoms with van der Waals surface area (Å²) < 4.78 is 26.2. The third-order valence-corrected chi connectivity index (χ3v) is 4.04. The van der Waals surface area contributed by atoms with E-state index in [1.54, 1.807) is 17.4 Å². The monoisotopic (exact) mass is 296 g/mol. The van der Waals surface area contributed by atoms with Gasteiger partial charge in [0.1, 0.15) is 0 Å². The van der Waals surface area contributed by atoms with Gasteiger partial charge in [0.25, 0.3) is 0 Å². The fraction of sp³-hybridized carbons (Fsp3) is 0.400. The number of aryl methyl sites for hydroxylation is 1. The van der Waals surface area contributed by atoms with Crippen LogP contribution in [0.15, 0.2) is 23.6 Å². The van der Waals surface area contributed by atoms with Crippen molar-refractivity contribution in [2.75, 3.05) is 6.54 Å². The summed E-state index contributed by atoms with van der Waals surface area (Å²) in [5, 5.41) is 6.46. The molecule has 0 aliphatic carbocycles. The predicted molar refractivity (Wildman–Crippen MR) is 78.1 cm³/mol. The molecular formula is C15H18F2N2S. The summed E-state index contributed by atoms with van der Waals surface area (Å²) in [6.45, 7) is 4.83. The maximum atomic E-state index is 13.2. The predicted octanol–water partition coefficient (Wildman–Crippen LogP) is 3.49. The fourth-order valence-electron chi connectivity index (χ4n) is 2.16. The lowest BCUT2D eigenvalue weighted by molar-refractivity contribution is 0.497. The average Bonchev–Trinajstić information content (AvgIpc) is 2.80. The Balaban J connectivity index is 2.06. The molecule has 1 heterocycles. The van der Waals surface area contributed by atoms with E-state index in [1.807, 2.05) is 19.2 Å². The first-order valence-corrected chi connectivity index (χ1v) is 7.54. The van der Waals surface area contributed by atoms with Crippen LogP contribution in [0.5, 0.6) is 0 Å². The van der Waals surface area contributed by atoms with Crippen LogP contribution in [0.2, 0.25) is 0 Å². The standard InChI is InChI=1S/C15H18F2N2S/c1-3-18-12(8-15-19-10(2)9-20-15)6-11-4-5-13(16)14(17)7-11/h4-5,7,9,12,18H,3,6,8H2,1-2H3. The third-order valence-electron chi connectivity index (χ3n) is 3.05. The Labute approximate surface area is 121 Å². The van der Waals surface area contributed by atoms with E-state index in [0.29, 0.717) is 6.42 Å². The van der Waals surface area contributed by atoms with Crippen molar-refractivity contribution in [2.24, 2.45) is 0 Å². The van der Waals surface area contributed by atoms with Gasteiger partial charge in [-0.1, -0.05) is 13.0 Å². The van der Waals surface area contributed by atoms with Gasteiger partial charge in [0.2, 0.25) is 0 Å². The van der Waals surface area contributed by atoms with Crippen LogP contribution >= 0.6 is 11.3 Å². The van der Waals surface area contributed by atoms with Crippen molar-refractivity contribution < 1.29 is 8.78 Å². The molecule has 0 amide bonds. The van der Waals surface area contributed by atoms with Crippen LogP contribution in [0.25, 0.3) is 0 Å². The summed E-state index contributed by atoms with van der Waals surface area (Å²) in [5.41, 5.74) is 1.82. The number of benzene rings is 1. The minimum atomic E-state index is -0.802. The summed E-state index contributed by atoms with van der Waals surface area (Å²) in [6.07, 6.45) is 1.45. The summed E-state index contributed by atoms with van der Waals surface area (Å²) in [6, 6.07) is 4.26. The number of nitrogens with one attached hydrogen (secondary N) is 1. The topological polar surface area (TPSA) is 24.9 Å². The first kappa shape index (κ1) is 15.1. The minimum Gasteiger partial charge on any atom is -0.314 e. The minimum absolute atomic E-state index is 0.176. The highest BCUT2D eigenvalue weighted by atomic mass is 32.1. The zero-order valence-electron chi connectivity index (χ0n) is 11.6. The van der Waals surface area contributed by atoms with E-state index in [1.165, 1.54) is 12.1 Å². The van der Waals surface area contributed by atoms with E-state index >= 15 is 0 Å². The molecule has 1 aromatic carbocycles. The molecule has 2 nitrogen and oxygen atoms in total. The fourth-order valence-corrected chi connectivity index (χ4v) is 3.02. The van der Waals surface area contributed by atoms with Crippen molar-refractivity contribution in [2.45, 2.75) is 32.7 Å².